The van der Waals surface area contributed by atoms with Crippen LogP contribution in [0.25, 0.3) is 0 Å². The molecule has 3 aliphatic rings. The van der Waals surface area contributed by atoms with Crippen molar-refractivity contribution in [2.45, 2.75) is 57.8 Å². The number of carbonyl (C=O) groups is 3. The number of rotatable bonds is 11. The molecule has 8 nitrogen and oxygen atoms in total. The number of amides is 3. The third-order valence-corrected chi connectivity index (χ3v) is 9.80. The molecule has 3 unspecified atom stereocenters. The number of ether oxygens (including phenoxy) is 1. The highest BCUT2D eigenvalue weighted by Crippen LogP contribution is 2.65. The highest BCUT2D eigenvalue weighted by molar-refractivity contribution is 6.07. The Kier molecular flexibility index (Phi) is 8.38. The Labute approximate surface area is 254 Å². The lowest BCUT2D eigenvalue weighted by Crippen LogP contribution is -2.57. The van der Waals surface area contributed by atoms with Crippen molar-refractivity contribution in [1.82, 2.24) is 4.90 Å². The number of likely N-dealkylation sites (tertiary alicyclic amines) is 1. The molecule has 2 aromatic rings. The molecule has 0 saturated carbocycles. The van der Waals surface area contributed by atoms with Crippen LogP contribution in [-0.4, -0.2) is 71.2 Å². The maximum absolute atomic E-state index is 14.9. The van der Waals surface area contributed by atoms with Gasteiger partial charge in [0, 0.05) is 37.6 Å². The molecule has 3 fully saturated rings. The first-order valence-corrected chi connectivity index (χ1v) is 15.1. The molecule has 3 amide bonds. The Morgan fingerprint density at radius 3 is 2.26 bits per heavy atom. The number of para-hydroxylation sites is 2. The second kappa shape index (κ2) is 11.7. The molecule has 3 heterocycles. The topological polar surface area (TPSA) is 90.4 Å². The fourth-order valence-corrected chi connectivity index (χ4v) is 7.90. The number of fused-ring (bicyclic) bond motifs is 1. The monoisotopic (exact) mass is 585 g/mol. The molecule has 5 rings (SSSR count). The average Bonchev–Trinajstić information content (AvgIpc) is 3.50. The highest BCUT2D eigenvalue weighted by Gasteiger charge is 2.80. The van der Waals surface area contributed by atoms with Gasteiger partial charge in [0.1, 0.15) is 11.6 Å². The van der Waals surface area contributed by atoms with Gasteiger partial charge in [-0.1, -0.05) is 55.5 Å². The number of anilines is 2. The van der Waals surface area contributed by atoms with Crippen LogP contribution in [0.3, 0.4) is 0 Å². The first-order valence-electron chi connectivity index (χ1n) is 15.1. The zero-order chi connectivity index (χ0) is 31.1. The summed E-state index contributed by atoms with van der Waals surface area (Å²) >= 11 is 0. The van der Waals surface area contributed by atoms with E-state index in [2.05, 4.69) is 13.2 Å². The Morgan fingerprint density at radius 1 is 1.02 bits per heavy atom. The first-order chi connectivity index (χ1) is 20.6. The number of carbonyl (C=O) groups excluding carboxylic acids is 3. The van der Waals surface area contributed by atoms with E-state index in [0.29, 0.717) is 18.5 Å². The van der Waals surface area contributed by atoms with Crippen LogP contribution in [0, 0.1) is 31.6 Å². The van der Waals surface area contributed by atoms with Crippen molar-refractivity contribution >= 4 is 29.1 Å². The Balaban J connectivity index is 1.64. The van der Waals surface area contributed by atoms with Crippen LogP contribution >= 0.6 is 0 Å². The van der Waals surface area contributed by atoms with Crippen molar-refractivity contribution < 1.29 is 24.2 Å². The lowest BCUT2D eigenvalue weighted by molar-refractivity contribution is -0.146. The van der Waals surface area contributed by atoms with Crippen molar-refractivity contribution in [2.75, 3.05) is 36.0 Å². The standard InChI is InChI=1S/C35H43N3O5/c1-7-18-36(26-16-10-9-11-17-26)31(40)27-28-32(41)38(20-13-21-39)30(35(28)22-25(5)34(27,6)43-35)33(42)37(19-8-2)29-23(3)14-12-15-24(29)4/h7-12,14-17,25,27-28,30,39H,1-2,13,18-22H2,3-6H3/t25?,27-,28-,30?,34+,35?/m0/s1. The SMILES string of the molecule is C=CCN(C(=O)[C@@H]1[C@H]2C(=O)N(CCCO)C(C(=O)N(CC=C)c3c(C)cccc3C)C23CC(C)[C@@]1(C)O3)c1ccccc1. The van der Waals surface area contributed by atoms with Crippen LogP contribution < -0.4 is 9.80 Å². The van der Waals surface area contributed by atoms with Crippen LogP contribution in [0.4, 0.5) is 11.4 Å². The second-order valence-corrected chi connectivity index (χ2v) is 12.4. The van der Waals surface area contributed by atoms with Gasteiger partial charge in [0.2, 0.25) is 11.8 Å². The molecule has 2 bridgehead atoms. The maximum atomic E-state index is 14.9. The smallest absolute Gasteiger partial charge is 0.253 e. The number of hydrogen-bond donors (Lipinski definition) is 1. The lowest BCUT2D eigenvalue weighted by atomic mass is 9.62. The molecule has 0 radical (unpaired) electrons. The highest BCUT2D eigenvalue weighted by atomic mass is 16.5. The van der Waals surface area contributed by atoms with E-state index >= 15 is 0 Å². The molecule has 0 aliphatic carbocycles. The third kappa shape index (κ3) is 4.71. The maximum Gasteiger partial charge on any atom is 0.253 e. The molecule has 1 spiro atoms. The van der Waals surface area contributed by atoms with Crippen LogP contribution in [0.5, 0.6) is 0 Å². The number of nitrogens with zero attached hydrogens (tertiary/aromatic N) is 3. The number of aryl methyl sites for hydroxylation is 2. The summed E-state index contributed by atoms with van der Waals surface area (Å²) in [6.45, 7) is 16.3. The summed E-state index contributed by atoms with van der Waals surface area (Å²) in [5, 5.41) is 9.75. The van der Waals surface area contributed by atoms with E-state index < -0.39 is 29.1 Å². The van der Waals surface area contributed by atoms with Crippen molar-refractivity contribution in [3.8, 4) is 0 Å². The van der Waals surface area contributed by atoms with E-state index in [1.165, 1.54) is 0 Å². The molecule has 6 atom stereocenters. The number of benzene rings is 2. The summed E-state index contributed by atoms with van der Waals surface area (Å²) in [5.41, 5.74) is 1.22. The predicted molar refractivity (Wildman–Crippen MR) is 168 cm³/mol. The fraction of sp³-hybridized carbons (Fsp3) is 0.457. The van der Waals surface area contributed by atoms with E-state index in [1.54, 1.807) is 26.9 Å². The zero-order valence-electron chi connectivity index (χ0n) is 25.7. The minimum Gasteiger partial charge on any atom is -0.396 e. The average molecular weight is 586 g/mol. The van der Waals surface area contributed by atoms with Crippen molar-refractivity contribution in [3.05, 3.63) is 85.0 Å². The van der Waals surface area contributed by atoms with Crippen LogP contribution in [0.2, 0.25) is 0 Å². The zero-order valence-corrected chi connectivity index (χ0v) is 25.7. The van der Waals surface area contributed by atoms with E-state index in [9.17, 15) is 19.5 Å². The molecule has 3 saturated heterocycles. The van der Waals surface area contributed by atoms with Crippen molar-refractivity contribution in [2.24, 2.45) is 17.8 Å². The summed E-state index contributed by atoms with van der Waals surface area (Å²) in [6.07, 6.45) is 4.14. The number of aliphatic hydroxyl groups is 1. The summed E-state index contributed by atoms with van der Waals surface area (Å²) in [4.78, 5) is 48.9. The second-order valence-electron chi connectivity index (χ2n) is 12.4. The molecule has 2 aromatic carbocycles. The van der Waals surface area contributed by atoms with E-state index in [4.69, 9.17) is 4.74 Å². The van der Waals surface area contributed by atoms with Crippen molar-refractivity contribution in [1.29, 1.82) is 0 Å². The van der Waals surface area contributed by atoms with Gasteiger partial charge in [-0.25, -0.2) is 0 Å². The van der Waals surface area contributed by atoms with Gasteiger partial charge in [-0.2, -0.15) is 0 Å². The number of hydrogen-bond acceptors (Lipinski definition) is 5. The first kappa shape index (κ1) is 30.7. The Morgan fingerprint density at radius 2 is 1.65 bits per heavy atom. The minimum atomic E-state index is -1.19. The molecular weight excluding hydrogens is 542 g/mol. The van der Waals surface area contributed by atoms with Gasteiger partial charge in [0.15, 0.2) is 0 Å². The van der Waals surface area contributed by atoms with Crippen molar-refractivity contribution in [3.63, 3.8) is 0 Å². The molecule has 1 N–H and O–H groups in total. The Hall–Kier alpha value is -3.75. The molecule has 8 heteroatoms. The van der Waals surface area contributed by atoms with Gasteiger partial charge >= 0.3 is 0 Å². The summed E-state index contributed by atoms with van der Waals surface area (Å²) in [5.74, 6) is -2.48. The van der Waals surface area contributed by atoms with Gasteiger partial charge < -0.3 is 24.5 Å². The van der Waals surface area contributed by atoms with Crippen LogP contribution in [0.15, 0.2) is 73.8 Å². The van der Waals surface area contributed by atoms with Gasteiger partial charge in [-0.15, -0.1) is 13.2 Å². The quantitative estimate of drug-likeness (QED) is 0.394. The molecule has 3 aliphatic heterocycles. The Bertz CT molecular complexity index is 1410. The minimum absolute atomic E-state index is 0.0898. The number of aliphatic hydroxyl groups excluding tert-OH is 1. The summed E-state index contributed by atoms with van der Waals surface area (Å²) in [7, 11) is 0. The van der Waals surface area contributed by atoms with Gasteiger partial charge in [0.05, 0.1) is 17.4 Å². The largest absolute Gasteiger partial charge is 0.396 e. The molecule has 0 aromatic heterocycles. The summed E-state index contributed by atoms with van der Waals surface area (Å²) in [6, 6.07) is 14.3. The van der Waals surface area contributed by atoms with E-state index in [0.717, 1.165) is 16.8 Å². The molecular formula is C35H43N3O5. The fourth-order valence-electron chi connectivity index (χ4n) is 7.90. The van der Waals surface area contributed by atoms with Crippen LogP contribution in [-0.2, 0) is 19.1 Å². The molecule has 43 heavy (non-hydrogen) atoms. The van der Waals surface area contributed by atoms with E-state index in [1.807, 2.05) is 76.2 Å². The lowest BCUT2D eigenvalue weighted by Gasteiger charge is -2.39. The van der Waals surface area contributed by atoms with Gasteiger partial charge in [-0.05, 0) is 62.8 Å². The van der Waals surface area contributed by atoms with Gasteiger partial charge in [-0.3, -0.25) is 14.4 Å². The third-order valence-electron chi connectivity index (χ3n) is 9.80. The van der Waals surface area contributed by atoms with E-state index in [-0.39, 0.29) is 49.9 Å². The van der Waals surface area contributed by atoms with Crippen LogP contribution in [0.1, 0.15) is 37.8 Å². The molecule has 228 valence electrons. The normalized spacial score (nSPS) is 29.0. The van der Waals surface area contributed by atoms with Gasteiger partial charge in [0.25, 0.3) is 5.91 Å². The summed E-state index contributed by atoms with van der Waals surface area (Å²) < 4.78 is 6.95. The predicted octanol–water partition coefficient (Wildman–Crippen LogP) is 4.43.